The summed E-state index contributed by atoms with van der Waals surface area (Å²) < 4.78 is 0. The Morgan fingerprint density at radius 1 is 1.29 bits per heavy atom. The minimum atomic E-state index is -0.994. The standard InChI is InChI=1S/C17H20N2O4S/c20-15(9-24)18-12-8-10-4-1-2-5-11(10)13-6-3-7-14(17(22)23)19(13)16(12)21/h1-2,4-5,12-14,24H,3,6-9H2,(H,18,20)(H,22,23)/t12-,13?,14-/m0/s1. The van der Waals surface area contributed by atoms with E-state index in [4.69, 9.17) is 0 Å². The van der Waals surface area contributed by atoms with Crippen LogP contribution in [0.2, 0.25) is 0 Å². The summed E-state index contributed by atoms with van der Waals surface area (Å²) in [5.74, 6) is -1.67. The van der Waals surface area contributed by atoms with Gasteiger partial charge in [0.05, 0.1) is 11.8 Å². The molecule has 1 aromatic carbocycles. The van der Waals surface area contributed by atoms with E-state index in [0.717, 1.165) is 24.0 Å². The zero-order chi connectivity index (χ0) is 17.3. The Labute approximate surface area is 145 Å². The number of carboxylic acids is 1. The number of hydrogen-bond donors (Lipinski definition) is 3. The number of thiol groups is 1. The molecule has 0 aliphatic carbocycles. The Balaban J connectivity index is 2.05. The molecule has 0 spiro atoms. The van der Waals surface area contributed by atoms with Crippen molar-refractivity contribution in [3.8, 4) is 0 Å². The first kappa shape index (κ1) is 16.8. The molecule has 6 nitrogen and oxygen atoms in total. The number of fused-ring (bicyclic) bond motifs is 3. The second kappa shape index (κ2) is 6.84. The van der Waals surface area contributed by atoms with Gasteiger partial charge in [0, 0.05) is 6.42 Å². The van der Waals surface area contributed by atoms with Crippen LogP contribution in [0.25, 0.3) is 0 Å². The number of nitrogens with one attached hydrogen (secondary N) is 1. The van der Waals surface area contributed by atoms with Crippen molar-refractivity contribution >= 4 is 30.4 Å². The van der Waals surface area contributed by atoms with Gasteiger partial charge >= 0.3 is 5.97 Å². The van der Waals surface area contributed by atoms with E-state index in [1.54, 1.807) is 0 Å². The minimum absolute atomic E-state index is 0.0167. The molecule has 0 saturated carbocycles. The molecule has 0 bridgehead atoms. The van der Waals surface area contributed by atoms with Gasteiger partial charge in [0.2, 0.25) is 11.8 Å². The predicted molar refractivity (Wildman–Crippen MR) is 90.8 cm³/mol. The van der Waals surface area contributed by atoms with Crippen LogP contribution in [0.4, 0.5) is 0 Å². The van der Waals surface area contributed by atoms with Crippen molar-refractivity contribution in [2.75, 3.05) is 5.75 Å². The van der Waals surface area contributed by atoms with Gasteiger partial charge in [-0.2, -0.15) is 12.6 Å². The first-order valence-corrected chi connectivity index (χ1v) is 8.69. The van der Waals surface area contributed by atoms with Crippen LogP contribution in [0.1, 0.15) is 36.4 Å². The maximum Gasteiger partial charge on any atom is 0.326 e. The lowest BCUT2D eigenvalue weighted by Gasteiger charge is -2.40. The molecule has 2 aliphatic rings. The number of piperidine rings is 1. The van der Waals surface area contributed by atoms with Gasteiger partial charge in [0.15, 0.2) is 0 Å². The molecule has 1 fully saturated rings. The van der Waals surface area contributed by atoms with Crippen LogP contribution in [0.15, 0.2) is 24.3 Å². The Kier molecular flexibility index (Phi) is 4.80. The highest BCUT2D eigenvalue weighted by atomic mass is 32.1. The Morgan fingerprint density at radius 3 is 2.75 bits per heavy atom. The van der Waals surface area contributed by atoms with Crippen LogP contribution in [0, 0.1) is 0 Å². The summed E-state index contributed by atoms with van der Waals surface area (Å²) in [6.45, 7) is 0. The molecule has 2 heterocycles. The number of amides is 2. The highest BCUT2D eigenvalue weighted by molar-refractivity contribution is 7.81. The second-order valence-corrected chi connectivity index (χ2v) is 6.54. The van der Waals surface area contributed by atoms with E-state index in [1.165, 1.54) is 4.90 Å². The highest BCUT2D eigenvalue weighted by Gasteiger charge is 2.44. The van der Waals surface area contributed by atoms with Crippen LogP contribution in [0.5, 0.6) is 0 Å². The molecule has 0 aromatic heterocycles. The average Bonchev–Trinajstić information content (AvgIpc) is 2.70. The third kappa shape index (κ3) is 3.00. The molecule has 2 N–H and O–H groups in total. The number of aliphatic carboxylic acids is 1. The lowest BCUT2D eigenvalue weighted by atomic mass is 9.89. The maximum atomic E-state index is 13.0. The summed E-state index contributed by atoms with van der Waals surface area (Å²) in [4.78, 5) is 37.9. The van der Waals surface area contributed by atoms with E-state index in [0.29, 0.717) is 12.8 Å². The normalized spacial score (nSPS) is 26.1. The van der Waals surface area contributed by atoms with E-state index >= 15 is 0 Å². The van der Waals surface area contributed by atoms with Crippen molar-refractivity contribution < 1.29 is 19.5 Å². The molecular weight excluding hydrogens is 328 g/mol. The monoisotopic (exact) mass is 348 g/mol. The SMILES string of the molecule is O=C(CS)N[C@H]1Cc2ccccc2C2CCC[C@@H](C(=O)O)N2C1=O. The summed E-state index contributed by atoms with van der Waals surface area (Å²) in [5.41, 5.74) is 1.97. The molecule has 3 atom stereocenters. The number of nitrogens with zero attached hydrogens (tertiary/aromatic N) is 1. The molecule has 24 heavy (non-hydrogen) atoms. The molecule has 1 unspecified atom stereocenters. The fourth-order valence-corrected chi connectivity index (χ4v) is 3.83. The zero-order valence-corrected chi connectivity index (χ0v) is 14.0. The summed E-state index contributed by atoms with van der Waals surface area (Å²) in [6, 6.07) is 5.84. The van der Waals surface area contributed by atoms with Crippen molar-refractivity contribution in [2.45, 2.75) is 43.8 Å². The van der Waals surface area contributed by atoms with Crippen molar-refractivity contribution in [2.24, 2.45) is 0 Å². The zero-order valence-electron chi connectivity index (χ0n) is 13.1. The first-order chi connectivity index (χ1) is 11.5. The number of hydrogen-bond acceptors (Lipinski definition) is 4. The van der Waals surface area contributed by atoms with Crippen LogP contribution in [0.3, 0.4) is 0 Å². The van der Waals surface area contributed by atoms with Crippen molar-refractivity contribution in [1.82, 2.24) is 10.2 Å². The minimum Gasteiger partial charge on any atom is -0.480 e. The Hall–Kier alpha value is -2.02. The van der Waals surface area contributed by atoms with E-state index in [9.17, 15) is 19.5 Å². The predicted octanol–water partition coefficient (Wildman–Crippen LogP) is 1.16. The number of carboxylic acid groups (broad SMARTS) is 1. The van der Waals surface area contributed by atoms with Gasteiger partial charge < -0.3 is 15.3 Å². The fourth-order valence-electron chi connectivity index (χ4n) is 3.74. The lowest BCUT2D eigenvalue weighted by molar-refractivity contribution is -0.156. The van der Waals surface area contributed by atoms with Gasteiger partial charge in [-0.3, -0.25) is 9.59 Å². The number of carbonyl (C=O) groups is 3. The second-order valence-electron chi connectivity index (χ2n) is 6.23. The van der Waals surface area contributed by atoms with Gasteiger partial charge in [-0.05, 0) is 30.4 Å². The largest absolute Gasteiger partial charge is 0.480 e. The average molecular weight is 348 g/mol. The molecule has 3 rings (SSSR count). The third-order valence-electron chi connectivity index (χ3n) is 4.78. The quantitative estimate of drug-likeness (QED) is 0.716. The fraction of sp³-hybridized carbons (Fsp3) is 0.471. The summed E-state index contributed by atoms with van der Waals surface area (Å²) in [6.07, 6.45) is 2.30. The molecular formula is C17H20N2O4S. The number of rotatable bonds is 3. The molecule has 2 aliphatic heterocycles. The Morgan fingerprint density at radius 2 is 2.04 bits per heavy atom. The highest BCUT2D eigenvalue weighted by Crippen LogP contribution is 2.39. The van der Waals surface area contributed by atoms with E-state index < -0.39 is 18.1 Å². The van der Waals surface area contributed by atoms with Gasteiger partial charge in [0.25, 0.3) is 0 Å². The van der Waals surface area contributed by atoms with Gasteiger partial charge in [-0.15, -0.1) is 0 Å². The van der Waals surface area contributed by atoms with Crippen molar-refractivity contribution in [1.29, 1.82) is 0 Å². The smallest absolute Gasteiger partial charge is 0.326 e. The summed E-state index contributed by atoms with van der Waals surface area (Å²) >= 11 is 3.94. The van der Waals surface area contributed by atoms with Crippen molar-refractivity contribution in [3.63, 3.8) is 0 Å². The maximum absolute atomic E-state index is 13.0. The van der Waals surface area contributed by atoms with Gasteiger partial charge in [-0.25, -0.2) is 4.79 Å². The van der Waals surface area contributed by atoms with Gasteiger partial charge in [0.1, 0.15) is 12.1 Å². The number of carbonyl (C=O) groups excluding carboxylic acids is 2. The molecule has 7 heteroatoms. The summed E-state index contributed by atoms with van der Waals surface area (Å²) in [5, 5.41) is 12.2. The van der Waals surface area contributed by atoms with E-state index in [2.05, 4.69) is 17.9 Å². The molecule has 128 valence electrons. The molecule has 2 amide bonds. The topological polar surface area (TPSA) is 86.7 Å². The van der Waals surface area contributed by atoms with E-state index in [1.807, 2.05) is 24.3 Å². The molecule has 1 saturated heterocycles. The van der Waals surface area contributed by atoms with Crippen LogP contribution >= 0.6 is 12.6 Å². The van der Waals surface area contributed by atoms with E-state index in [-0.39, 0.29) is 23.6 Å². The van der Waals surface area contributed by atoms with Gasteiger partial charge in [-0.1, -0.05) is 24.3 Å². The van der Waals surface area contributed by atoms with Crippen LogP contribution in [-0.4, -0.2) is 45.6 Å². The lowest BCUT2D eigenvalue weighted by Crippen LogP contribution is -2.55. The van der Waals surface area contributed by atoms with Crippen LogP contribution < -0.4 is 5.32 Å². The van der Waals surface area contributed by atoms with Crippen molar-refractivity contribution in [3.05, 3.63) is 35.4 Å². The summed E-state index contributed by atoms with van der Waals surface area (Å²) in [7, 11) is 0. The number of benzene rings is 1. The third-order valence-corrected chi connectivity index (χ3v) is 5.07. The Bertz CT molecular complexity index is 678. The molecule has 0 radical (unpaired) electrons. The molecule has 1 aromatic rings. The van der Waals surface area contributed by atoms with Crippen LogP contribution in [-0.2, 0) is 20.8 Å². The first-order valence-electron chi connectivity index (χ1n) is 8.06.